The molecule has 0 spiro atoms. The zero-order valence-corrected chi connectivity index (χ0v) is 13.6. The van der Waals surface area contributed by atoms with Gasteiger partial charge in [-0.2, -0.15) is 0 Å². The predicted molar refractivity (Wildman–Crippen MR) is 81.9 cm³/mol. The number of ketones is 1. The number of rotatable bonds is 7. The second kappa shape index (κ2) is 8.03. The number of hydrogen-bond donors (Lipinski definition) is 2. The van der Waals surface area contributed by atoms with Gasteiger partial charge in [0.1, 0.15) is 17.8 Å². The van der Waals surface area contributed by atoms with Gasteiger partial charge >= 0.3 is 5.97 Å². The van der Waals surface area contributed by atoms with Crippen LogP contribution < -0.4 is 11.6 Å². The van der Waals surface area contributed by atoms with Crippen LogP contribution in [0.4, 0.5) is 0 Å². The molecule has 0 aliphatic heterocycles. The zero-order chi connectivity index (χ0) is 16.8. The lowest BCUT2D eigenvalue weighted by Gasteiger charge is -2.35. The number of hydrogen-bond acceptors (Lipinski definition) is 7. The summed E-state index contributed by atoms with van der Waals surface area (Å²) in [6.45, 7) is 5.94. The van der Waals surface area contributed by atoms with E-state index in [2.05, 4.69) is 0 Å². The Bertz CT molecular complexity index is 425. The summed E-state index contributed by atoms with van der Waals surface area (Å²) in [5, 5.41) is 1.40. The molecule has 0 atom stereocenters. The molecule has 1 aliphatic rings. The summed E-state index contributed by atoms with van der Waals surface area (Å²) < 4.78 is 10.9. The zero-order valence-electron chi connectivity index (χ0n) is 13.6. The first-order valence-corrected chi connectivity index (χ1v) is 7.64. The molecule has 1 saturated carbocycles. The molecule has 0 bridgehead atoms. The number of carbonyl (C=O) groups is 2. The first-order valence-electron chi connectivity index (χ1n) is 7.64. The van der Waals surface area contributed by atoms with Crippen LogP contribution in [0.3, 0.4) is 0 Å². The molecule has 22 heavy (non-hydrogen) atoms. The van der Waals surface area contributed by atoms with Crippen LogP contribution in [0.2, 0.25) is 0 Å². The maximum Gasteiger partial charge on any atom is 0.315 e. The van der Waals surface area contributed by atoms with Gasteiger partial charge in [0.2, 0.25) is 5.88 Å². The molecule has 7 heteroatoms. The van der Waals surface area contributed by atoms with E-state index in [9.17, 15) is 9.59 Å². The third kappa shape index (κ3) is 4.37. The van der Waals surface area contributed by atoms with Crippen molar-refractivity contribution in [2.24, 2.45) is 17.0 Å². The van der Waals surface area contributed by atoms with Crippen molar-refractivity contribution in [3.05, 3.63) is 12.1 Å². The molecule has 4 N–H and O–H groups in total. The smallest absolute Gasteiger partial charge is 0.315 e. The van der Waals surface area contributed by atoms with Gasteiger partial charge in [0.05, 0.1) is 12.8 Å². The van der Waals surface area contributed by atoms with Crippen LogP contribution in [0.5, 0.6) is 0 Å². The van der Waals surface area contributed by atoms with Gasteiger partial charge in [-0.3, -0.25) is 14.6 Å². The molecule has 1 rings (SSSR count). The number of nitrogens with zero attached hydrogens (tertiary/aromatic N) is 1. The third-order valence-corrected chi connectivity index (χ3v) is 3.92. The second-order valence-electron chi connectivity index (χ2n) is 5.83. The van der Waals surface area contributed by atoms with E-state index < -0.39 is 5.41 Å². The molecule has 0 aromatic carbocycles. The van der Waals surface area contributed by atoms with E-state index in [1.807, 2.05) is 13.8 Å². The third-order valence-electron chi connectivity index (χ3n) is 3.92. The Kier molecular flexibility index (Phi) is 6.67. The van der Waals surface area contributed by atoms with Gasteiger partial charge in [-0.05, 0) is 33.6 Å². The van der Waals surface area contributed by atoms with Crippen molar-refractivity contribution >= 4 is 11.8 Å². The number of carbonyl (C=O) groups excluding carboxylic acids is 2. The van der Waals surface area contributed by atoms with E-state index >= 15 is 0 Å². The van der Waals surface area contributed by atoms with E-state index in [1.54, 1.807) is 6.92 Å². The molecular formula is C15H27N3O4. The summed E-state index contributed by atoms with van der Waals surface area (Å²) in [4.78, 5) is 23.8. The van der Waals surface area contributed by atoms with E-state index in [1.165, 1.54) is 11.2 Å². The molecular weight excluding hydrogens is 286 g/mol. The maximum absolute atomic E-state index is 12.3. The Morgan fingerprint density at radius 1 is 1.36 bits per heavy atom. The number of Topliss-reactive ketones (excluding diaryl/α,β-unsaturated/α-hetero) is 1. The first kappa shape index (κ1) is 18.3. The van der Waals surface area contributed by atoms with E-state index in [0.717, 1.165) is 0 Å². The van der Waals surface area contributed by atoms with Crippen LogP contribution in [0.1, 0.15) is 46.5 Å². The SMILES string of the molecule is CCOC(=O)C1(CO/C(=C/N)N(N)C(C)C)CCC(=O)CC1. The van der Waals surface area contributed by atoms with Crippen molar-refractivity contribution in [1.29, 1.82) is 0 Å². The molecule has 0 aromatic heterocycles. The molecule has 0 radical (unpaired) electrons. The topological polar surface area (TPSA) is 108 Å². The van der Waals surface area contributed by atoms with Crippen LogP contribution in [0.25, 0.3) is 0 Å². The molecule has 0 heterocycles. The van der Waals surface area contributed by atoms with Crippen LogP contribution in [-0.4, -0.2) is 36.0 Å². The number of esters is 1. The fraction of sp³-hybridized carbons (Fsp3) is 0.733. The minimum Gasteiger partial charge on any atom is -0.476 e. The van der Waals surface area contributed by atoms with Gasteiger partial charge < -0.3 is 15.2 Å². The molecule has 126 valence electrons. The Labute approximate surface area is 131 Å². The summed E-state index contributed by atoms with van der Waals surface area (Å²) >= 11 is 0. The van der Waals surface area contributed by atoms with Crippen LogP contribution in [0.15, 0.2) is 12.1 Å². The standard InChI is InChI=1S/C15H27N3O4/c1-4-21-14(20)15(7-5-12(19)6-8-15)10-22-13(9-16)18(17)11(2)3/h9,11H,4-8,10,16-17H2,1-3H3/b13-9+. The molecule has 7 nitrogen and oxygen atoms in total. The van der Waals surface area contributed by atoms with E-state index in [-0.39, 0.29) is 24.4 Å². The van der Waals surface area contributed by atoms with Gasteiger partial charge in [-0.1, -0.05) is 0 Å². The average Bonchev–Trinajstić information content (AvgIpc) is 2.49. The summed E-state index contributed by atoms with van der Waals surface area (Å²) in [6.07, 6.45) is 2.84. The summed E-state index contributed by atoms with van der Waals surface area (Å²) in [5.41, 5.74) is 4.74. The van der Waals surface area contributed by atoms with Gasteiger partial charge in [0.25, 0.3) is 0 Å². The normalized spacial score (nSPS) is 18.2. The lowest BCUT2D eigenvalue weighted by Crippen LogP contribution is -2.43. The van der Waals surface area contributed by atoms with Crippen molar-refractivity contribution in [2.45, 2.75) is 52.5 Å². The number of nitrogens with two attached hydrogens (primary N) is 2. The average molecular weight is 313 g/mol. The highest BCUT2D eigenvalue weighted by Gasteiger charge is 2.44. The molecule has 0 saturated heterocycles. The monoisotopic (exact) mass is 313 g/mol. The van der Waals surface area contributed by atoms with E-state index in [0.29, 0.717) is 38.2 Å². The predicted octanol–water partition coefficient (Wildman–Crippen LogP) is 1.04. The highest BCUT2D eigenvalue weighted by Crippen LogP contribution is 2.37. The fourth-order valence-electron chi connectivity index (χ4n) is 2.37. The van der Waals surface area contributed by atoms with Crippen molar-refractivity contribution in [3.63, 3.8) is 0 Å². The molecule has 1 aliphatic carbocycles. The Morgan fingerprint density at radius 3 is 2.41 bits per heavy atom. The number of hydrazine groups is 1. The first-order chi connectivity index (χ1) is 10.4. The van der Waals surface area contributed by atoms with Crippen molar-refractivity contribution in [1.82, 2.24) is 5.01 Å². The van der Waals surface area contributed by atoms with Crippen molar-refractivity contribution < 1.29 is 19.1 Å². The molecule has 1 fully saturated rings. The van der Waals surface area contributed by atoms with Gasteiger partial charge in [-0.25, -0.2) is 5.84 Å². The number of ether oxygens (including phenoxy) is 2. The van der Waals surface area contributed by atoms with Crippen LogP contribution in [0, 0.1) is 5.41 Å². The minimum atomic E-state index is -0.810. The van der Waals surface area contributed by atoms with Crippen molar-refractivity contribution in [3.8, 4) is 0 Å². The molecule has 0 amide bonds. The van der Waals surface area contributed by atoms with Gasteiger partial charge in [-0.15, -0.1) is 0 Å². The minimum absolute atomic E-state index is 0.00118. The Morgan fingerprint density at radius 2 is 1.95 bits per heavy atom. The molecule has 0 unspecified atom stereocenters. The second-order valence-corrected chi connectivity index (χ2v) is 5.83. The largest absolute Gasteiger partial charge is 0.476 e. The maximum atomic E-state index is 12.3. The summed E-state index contributed by atoms with van der Waals surface area (Å²) in [6, 6.07) is 0.00118. The highest BCUT2D eigenvalue weighted by molar-refractivity contribution is 5.84. The summed E-state index contributed by atoms with van der Waals surface area (Å²) in [7, 11) is 0. The quantitative estimate of drug-likeness (QED) is 0.313. The highest BCUT2D eigenvalue weighted by atomic mass is 16.5. The van der Waals surface area contributed by atoms with E-state index in [4.69, 9.17) is 21.1 Å². The Balaban J connectivity index is 2.81. The van der Waals surface area contributed by atoms with Gasteiger partial charge in [0, 0.05) is 18.9 Å². The van der Waals surface area contributed by atoms with Crippen molar-refractivity contribution in [2.75, 3.05) is 13.2 Å². The molecule has 0 aromatic rings. The fourth-order valence-corrected chi connectivity index (χ4v) is 2.37. The van der Waals surface area contributed by atoms with Gasteiger partial charge in [0.15, 0.2) is 0 Å². The van der Waals surface area contributed by atoms with Crippen LogP contribution >= 0.6 is 0 Å². The summed E-state index contributed by atoms with van der Waals surface area (Å²) in [5.74, 6) is 6.02. The lowest BCUT2D eigenvalue weighted by atomic mass is 9.74. The lowest BCUT2D eigenvalue weighted by molar-refractivity contribution is -0.162. The Hall–Kier alpha value is -1.76. The van der Waals surface area contributed by atoms with Crippen LogP contribution in [-0.2, 0) is 19.1 Å².